The third-order valence-corrected chi connectivity index (χ3v) is 8.30. The summed E-state index contributed by atoms with van der Waals surface area (Å²) >= 11 is 14.3. The smallest absolute Gasteiger partial charge is 0.215 e. The standard InChI is InChI=1S/C29H30Cl2N6O3S.H2O/c1-41-28-33-9-8-27(34-28)37-14-12-36(13-15-37)22-3-5-23(6-4-22)38-17-24-18-39-29(40-24,19-35-11-10-32-20-35)25-7-2-21(30)16-26(25)31;/h2-11,16,20,24H,12-15,17-19H2,1H3;1H2. The van der Waals surface area contributed by atoms with Crippen LogP contribution in [0, 0.1) is 0 Å². The predicted molar refractivity (Wildman–Crippen MR) is 165 cm³/mol. The van der Waals surface area contributed by atoms with E-state index in [1.165, 1.54) is 5.69 Å². The fourth-order valence-corrected chi connectivity index (χ4v) is 6.02. The van der Waals surface area contributed by atoms with Gasteiger partial charge >= 0.3 is 0 Å². The topological polar surface area (TPSA) is 109 Å². The van der Waals surface area contributed by atoms with E-state index in [0.29, 0.717) is 35.4 Å². The highest BCUT2D eigenvalue weighted by molar-refractivity contribution is 7.98. The largest absolute Gasteiger partial charge is 0.491 e. The molecule has 4 aromatic rings. The van der Waals surface area contributed by atoms with Crippen molar-refractivity contribution in [1.82, 2.24) is 19.5 Å². The number of hydrogen-bond acceptors (Lipinski definition) is 9. The summed E-state index contributed by atoms with van der Waals surface area (Å²) in [4.78, 5) is 17.8. The van der Waals surface area contributed by atoms with Crippen molar-refractivity contribution in [2.24, 2.45) is 0 Å². The minimum absolute atomic E-state index is 0. The Morgan fingerprint density at radius 3 is 2.52 bits per heavy atom. The van der Waals surface area contributed by atoms with Crippen LogP contribution in [0.15, 0.2) is 78.6 Å². The van der Waals surface area contributed by atoms with Crippen LogP contribution in [0.25, 0.3) is 0 Å². The number of halogens is 2. The van der Waals surface area contributed by atoms with Crippen LogP contribution in [-0.2, 0) is 21.8 Å². The van der Waals surface area contributed by atoms with Gasteiger partial charge in [-0.25, -0.2) is 15.0 Å². The van der Waals surface area contributed by atoms with Gasteiger partial charge in [0.25, 0.3) is 0 Å². The maximum absolute atomic E-state index is 6.58. The number of thioether (sulfide) groups is 1. The van der Waals surface area contributed by atoms with Crippen LogP contribution in [0.2, 0.25) is 10.0 Å². The van der Waals surface area contributed by atoms with Gasteiger partial charge in [-0.15, -0.1) is 0 Å². The van der Waals surface area contributed by atoms with Crippen molar-refractivity contribution >= 4 is 46.5 Å². The molecule has 2 fully saturated rings. The minimum Gasteiger partial charge on any atom is -0.491 e. The normalized spacial score (nSPS) is 20.4. The van der Waals surface area contributed by atoms with E-state index in [1.54, 1.807) is 36.4 Å². The SMILES string of the molecule is CSc1nccc(N2CCN(c3ccc(OCC4COC(Cn5ccnc5)(c5ccc(Cl)cc5Cl)O4)cc3)CC2)n1.O. The molecule has 2 unspecified atom stereocenters. The summed E-state index contributed by atoms with van der Waals surface area (Å²) in [5.74, 6) is 0.682. The van der Waals surface area contributed by atoms with E-state index < -0.39 is 5.79 Å². The molecule has 4 heterocycles. The molecule has 42 heavy (non-hydrogen) atoms. The van der Waals surface area contributed by atoms with E-state index in [1.807, 2.05) is 47.5 Å². The molecule has 10 nitrogen and oxygen atoms in total. The quantitative estimate of drug-likeness (QED) is 0.194. The van der Waals surface area contributed by atoms with Crippen LogP contribution in [0.4, 0.5) is 11.5 Å². The number of nitrogens with zero attached hydrogens (tertiary/aromatic N) is 6. The molecule has 2 aromatic carbocycles. The van der Waals surface area contributed by atoms with Gasteiger partial charge in [0.15, 0.2) is 5.16 Å². The molecule has 0 radical (unpaired) electrons. The Bertz CT molecular complexity index is 1460. The van der Waals surface area contributed by atoms with Crippen molar-refractivity contribution in [2.75, 3.05) is 55.4 Å². The zero-order valence-electron chi connectivity index (χ0n) is 23.0. The molecule has 2 N–H and O–H groups in total. The Hall–Kier alpha value is -3.06. The molecule has 2 aliphatic heterocycles. The third-order valence-electron chi connectivity index (χ3n) is 7.19. The monoisotopic (exact) mass is 630 g/mol. The number of rotatable bonds is 9. The van der Waals surface area contributed by atoms with E-state index in [0.717, 1.165) is 42.9 Å². The summed E-state index contributed by atoms with van der Waals surface area (Å²) in [5.41, 5.74) is 1.88. The summed E-state index contributed by atoms with van der Waals surface area (Å²) in [7, 11) is 0. The first kappa shape index (κ1) is 30.4. The summed E-state index contributed by atoms with van der Waals surface area (Å²) < 4.78 is 20.8. The van der Waals surface area contributed by atoms with Crippen molar-refractivity contribution < 1.29 is 19.7 Å². The first-order valence-electron chi connectivity index (χ1n) is 13.3. The fourth-order valence-electron chi connectivity index (χ4n) is 5.12. The molecular weight excluding hydrogens is 599 g/mol. The van der Waals surface area contributed by atoms with E-state index in [4.69, 9.17) is 37.4 Å². The lowest BCUT2D eigenvalue weighted by molar-refractivity contribution is -0.189. The lowest BCUT2D eigenvalue weighted by Gasteiger charge is -2.36. The lowest BCUT2D eigenvalue weighted by atomic mass is 10.1. The minimum atomic E-state index is -1.08. The second kappa shape index (κ2) is 13.5. The number of aromatic nitrogens is 4. The molecule has 2 aliphatic rings. The second-order valence-electron chi connectivity index (χ2n) is 9.84. The first-order valence-corrected chi connectivity index (χ1v) is 15.3. The summed E-state index contributed by atoms with van der Waals surface area (Å²) in [6, 6.07) is 15.5. The van der Waals surface area contributed by atoms with Crippen LogP contribution < -0.4 is 14.5 Å². The molecule has 2 saturated heterocycles. The van der Waals surface area contributed by atoms with Gasteiger partial charge < -0.3 is 34.1 Å². The summed E-state index contributed by atoms with van der Waals surface area (Å²) in [6.07, 6.45) is 8.84. The number of benzene rings is 2. The summed E-state index contributed by atoms with van der Waals surface area (Å²) in [6.45, 7) is 4.73. The van der Waals surface area contributed by atoms with Gasteiger partial charge in [-0.05, 0) is 48.7 Å². The Labute approximate surface area is 258 Å². The molecule has 0 saturated carbocycles. The highest BCUT2D eigenvalue weighted by Gasteiger charge is 2.45. The van der Waals surface area contributed by atoms with Crippen molar-refractivity contribution in [1.29, 1.82) is 0 Å². The number of piperazine rings is 1. The summed E-state index contributed by atoms with van der Waals surface area (Å²) in [5, 5.41) is 1.83. The van der Waals surface area contributed by atoms with Gasteiger partial charge in [0.05, 0.1) is 24.5 Å². The van der Waals surface area contributed by atoms with Gasteiger partial charge in [0, 0.05) is 61.0 Å². The van der Waals surface area contributed by atoms with Crippen molar-refractivity contribution in [3.8, 4) is 5.75 Å². The zero-order valence-corrected chi connectivity index (χ0v) is 25.4. The molecule has 0 spiro atoms. The molecule has 0 bridgehead atoms. The lowest BCUT2D eigenvalue weighted by Crippen LogP contribution is -2.46. The van der Waals surface area contributed by atoms with Crippen LogP contribution in [0.1, 0.15) is 5.56 Å². The third kappa shape index (κ3) is 6.77. The van der Waals surface area contributed by atoms with Gasteiger partial charge in [0.2, 0.25) is 5.79 Å². The maximum atomic E-state index is 6.58. The number of ether oxygens (including phenoxy) is 3. The van der Waals surface area contributed by atoms with Crippen molar-refractivity contribution in [2.45, 2.75) is 23.6 Å². The average molecular weight is 632 g/mol. The Kier molecular flexibility index (Phi) is 9.77. The Morgan fingerprint density at radius 2 is 1.81 bits per heavy atom. The fraction of sp³-hybridized carbons (Fsp3) is 0.345. The highest BCUT2D eigenvalue weighted by Crippen LogP contribution is 2.40. The number of imidazole rings is 1. The van der Waals surface area contributed by atoms with Gasteiger partial charge in [-0.2, -0.15) is 0 Å². The van der Waals surface area contributed by atoms with Crippen LogP contribution in [0.5, 0.6) is 5.75 Å². The van der Waals surface area contributed by atoms with Crippen LogP contribution >= 0.6 is 35.0 Å². The number of anilines is 2. The highest BCUT2D eigenvalue weighted by atomic mass is 35.5. The molecular formula is C29H32Cl2N6O4S. The molecule has 13 heteroatoms. The molecule has 2 aromatic heterocycles. The van der Waals surface area contributed by atoms with Gasteiger partial charge in [-0.3, -0.25) is 0 Å². The predicted octanol–water partition coefficient (Wildman–Crippen LogP) is 4.55. The van der Waals surface area contributed by atoms with E-state index >= 15 is 0 Å². The van der Waals surface area contributed by atoms with Crippen molar-refractivity contribution in [3.63, 3.8) is 0 Å². The molecule has 2 atom stereocenters. The van der Waals surface area contributed by atoms with Crippen molar-refractivity contribution in [3.05, 3.63) is 89.1 Å². The molecule has 0 amide bonds. The van der Waals surface area contributed by atoms with E-state index in [-0.39, 0.29) is 11.6 Å². The van der Waals surface area contributed by atoms with Gasteiger partial charge in [0.1, 0.15) is 24.3 Å². The number of hydrogen-bond donors (Lipinski definition) is 0. The van der Waals surface area contributed by atoms with E-state index in [9.17, 15) is 0 Å². The Balaban J connectivity index is 0.00000353. The Morgan fingerprint density at radius 1 is 1.02 bits per heavy atom. The zero-order chi connectivity index (χ0) is 28.2. The van der Waals surface area contributed by atoms with E-state index in [2.05, 4.69) is 36.9 Å². The van der Waals surface area contributed by atoms with Gasteiger partial charge in [-0.1, -0.05) is 41.0 Å². The first-order chi connectivity index (χ1) is 20.0. The van der Waals surface area contributed by atoms with Crippen LogP contribution in [-0.4, -0.2) is 76.7 Å². The second-order valence-corrected chi connectivity index (χ2v) is 11.5. The average Bonchev–Trinajstić information content (AvgIpc) is 3.67. The molecule has 0 aliphatic carbocycles. The molecule has 6 rings (SSSR count). The molecule has 222 valence electrons. The van der Waals surface area contributed by atoms with Crippen LogP contribution in [0.3, 0.4) is 0 Å². The maximum Gasteiger partial charge on any atom is 0.215 e.